The van der Waals surface area contributed by atoms with Crippen LogP contribution in [0.2, 0.25) is 0 Å². The van der Waals surface area contributed by atoms with Gasteiger partial charge in [0, 0.05) is 24.1 Å². The van der Waals surface area contributed by atoms with E-state index in [0.29, 0.717) is 16.4 Å². The Morgan fingerprint density at radius 1 is 1.33 bits per heavy atom. The molecular weight excluding hydrogens is 316 g/mol. The molecule has 1 heterocycles. The van der Waals surface area contributed by atoms with Gasteiger partial charge in [0.2, 0.25) is 0 Å². The van der Waals surface area contributed by atoms with Crippen LogP contribution in [0.3, 0.4) is 0 Å². The molecule has 0 aromatic heterocycles. The molecule has 1 fully saturated rings. The van der Waals surface area contributed by atoms with E-state index in [1.54, 1.807) is 43.3 Å². The maximum absolute atomic E-state index is 12.0. The van der Waals surface area contributed by atoms with Gasteiger partial charge < -0.3 is 10.0 Å². The highest BCUT2D eigenvalue weighted by Gasteiger charge is 2.32. The van der Waals surface area contributed by atoms with E-state index in [-0.39, 0.29) is 11.7 Å². The van der Waals surface area contributed by atoms with Gasteiger partial charge in [0.05, 0.1) is 0 Å². The lowest BCUT2D eigenvalue weighted by Crippen LogP contribution is -2.26. The van der Waals surface area contributed by atoms with Crippen LogP contribution in [-0.2, 0) is 4.79 Å². The number of aromatic hydroxyl groups is 1. The number of rotatable bonds is 1. The van der Waals surface area contributed by atoms with Gasteiger partial charge in [0.1, 0.15) is 11.4 Å². The molecule has 2 rings (SSSR count). The quantitative estimate of drug-likeness (QED) is 0.634. The van der Waals surface area contributed by atoms with Crippen molar-refractivity contribution in [1.29, 1.82) is 0 Å². The van der Waals surface area contributed by atoms with E-state index in [1.165, 1.54) is 4.90 Å². The van der Waals surface area contributed by atoms with Crippen LogP contribution in [0.5, 0.6) is 5.75 Å². The predicted molar refractivity (Wildman–Crippen MR) is 76.9 cm³/mol. The number of carbonyl (C=O) groups is 1. The summed E-state index contributed by atoms with van der Waals surface area (Å²) in [6.45, 7) is 0. The monoisotopic (exact) mass is 326 g/mol. The summed E-state index contributed by atoms with van der Waals surface area (Å²) in [5, 5.41) is 10.2. The number of hydrogen-bond donors (Lipinski definition) is 1. The average Bonchev–Trinajstić information content (AvgIpc) is 2.51. The molecule has 94 valence electrons. The molecular formula is C12H11BrN2O2S. The Morgan fingerprint density at radius 2 is 2.00 bits per heavy atom. The molecule has 6 heteroatoms. The van der Waals surface area contributed by atoms with Gasteiger partial charge in [-0.15, -0.1) is 0 Å². The predicted octanol–water partition coefficient (Wildman–Crippen LogP) is 2.18. The molecule has 1 saturated heterocycles. The zero-order chi connectivity index (χ0) is 13.4. The molecule has 18 heavy (non-hydrogen) atoms. The Morgan fingerprint density at radius 3 is 2.56 bits per heavy atom. The number of thiocarbonyl (C=S) groups is 1. The number of benzene rings is 1. The van der Waals surface area contributed by atoms with Crippen molar-refractivity contribution in [3.05, 3.63) is 33.9 Å². The number of nitrogens with zero attached hydrogens (tertiary/aromatic N) is 2. The second kappa shape index (κ2) is 4.70. The van der Waals surface area contributed by atoms with Gasteiger partial charge in [0.25, 0.3) is 5.91 Å². The van der Waals surface area contributed by atoms with E-state index in [2.05, 4.69) is 15.9 Å². The van der Waals surface area contributed by atoms with E-state index < -0.39 is 0 Å². The van der Waals surface area contributed by atoms with Crippen molar-refractivity contribution >= 4 is 45.2 Å². The van der Waals surface area contributed by atoms with Crippen LogP contribution in [0.4, 0.5) is 0 Å². The molecule has 0 spiro atoms. The molecule has 1 aliphatic rings. The van der Waals surface area contributed by atoms with Crippen LogP contribution in [-0.4, -0.2) is 40.0 Å². The van der Waals surface area contributed by atoms with Gasteiger partial charge in [-0.25, -0.2) is 0 Å². The van der Waals surface area contributed by atoms with E-state index >= 15 is 0 Å². The largest absolute Gasteiger partial charge is 0.507 e. The second-order valence-corrected chi connectivity index (χ2v) is 5.22. The Labute approximate surface area is 119 Å². The molecule has 4 nitrogen and oxygen atoms in total. The Balaban J connectivity index is 2.48. The van der Waals surface area contributed by atoms with Crippen LogP contribution in [0.1, 0.15) is 5.56 Å². The van der Waals surface area contributed by atoms with Gasteiger partial charge in [-0.3, -0.25) is 9.69 Å². The Kier molecular flexibility index (Phi) is 3.41. The third-order valence-corrected chi connectivity index (χ3v) is 3.78. The minimum absolute atomic E-state index is 0.118. The molecule has 1 aliphatic heterocycles. The fraction of sp³-hybridized carbons (Fsp3) is 0.167. The number of halogens is 1. The first-order chi connectivity index (χ1) is 8.41. The molecule has 0 bridgehead atoms. The van der Waals surface area contributed by atoms with E-state index in [0.717, 1.165) is 4.47 Å². The Hall–Kier alpha value is -1.40. The molecule has 0 radical (unpaired) electrons. The maximum Gasteiger partial charge on any atom is 0.276 e. The average molecular weight is 327 g/mol. The minimum atomic E-state index is -0.179. The number of amides is 1. The van der Waals surface area contributed by atoms with Crippen LogP contribution < -0.4 is 0 Å². The zero-order valence-corrected chi connectivity index (χ0v) is 12.2. The van der Waals surface area contributed by atoms with E-state index in [9.17, 15) is 9.90 Å². The highest BCUT2D eigenvalue weighted by atomic mass is 79.9. The van der Waals surface area contributed by atoms with Crippen LogP contribution in [0, 0.1) is 0 Å². The lowest BCUT2D eigenvalue weighted by Gasteiger charge is -2.11. The highest BCUT2D eigenvalue weighted by Crippen LogP contribution is 2.27. The van der Waals surface area contributed by atoms with Crippen molar-refractivity contribution in [1.82, 2.24) is 9.80 Å². The summed E-state index contributed by atoms with van der Waals surface area (Å²) in [5.74, 6) is -0.0609. The fourth-order valence-corrected chi connectivity index (χ4v) is 2.24. The van der Waals surface area contributed by atoms with E-state index in [4.69, 9.17) is 12.2 Å². The van der Waals surface area contributed by atoms with Crippen molar-refractivity contribution in [2.45, 2.75) is 0 Å². The van der Waals surface area contributed by atoms with Crippen LogP contribution >= 0.6 is 28.1 Å². The number of likely N-dealkylation sites (N-methyl/N-ethyl adjacent to an activating group) is 2. The van der Waals surface area contributed by atoms with E-state index in [1.807, 2.05) is 0 Å². The summed E-state index contributed by atoms with van der Waals surface area (Å²) in [5.41, 5.74) is 1.01. The molecule has 1 aromatic rings. The lowest BCUT2D eigenvalue weighted by molar-refractivity contribution is -0.121. The first-order valence-corrected chi connectivity index (χ1v) is 6.38. The van der Waals surface area contributed by atoms with Crippen molar-refractivity contribution in [2.24, 2.45) is 0 Å². The first-order valence-electron chi connectivity index (χ1n) is 5.18. The van der Waals surface area contributed by atoms with Crippen LogP contribution in [0.25, 0.3) is 6.08 Å². The van der Waals surface area contributed by atoms with Crippen molar-refractivity contribution in [3.8, 4) is 5.75 Å². The van der Waals surface area contributed by atoms with Gasteiger partial charge in [0.15, 0.2) is 5.11 Å². The number of carbonyl (C=O) groups excluding carboxylic acids is 1. The number of phenolic OH excluding ortho intramolecular Hbond substituents is 1. The third kappa shape index (κ3) is 2.13. The normalized spacial score (nSPS) is 18.1. The van der Waals surface area contributed by atoms with Crippen molar-refractivity contribution in [2.75, 3.05) is 14.1 Å². The summed E-state index contributed by atoms with van der Waals surface area (Å²) in [6.07, 6.45) is 1.62. The standard InChI is InChI=1S/C12H11BrN2O2S/c1-14-9(11(17)15(2)12(14)18)6-7-5-8(13)3-4-10(7)16/h3-6,16H,1-2H3/b9-6-. The first kappa shape index (κ1) is 13.0. The SMILES string of the molecule is CN1C(=O)/C(=C/c2cc(Br)ccc2O)N(C)C1=S. The van der Waals surface area contributed by atoms with Crippen LogP contribution in [0.15, 0.2) is 28.4 Å². The lowest BCUT2D eigenvalue weighted by atomic mass is 10.1. The maximum atomic E-state index is 12.0. The second-order valence-electron chi connectivity index (χ2n) is 3.94. The molecule has 1 aromatic carbocycles. The zero-order valence-electron chi connectivity index (χ0n) is 9.85. The Bertz CT molecular complexity index is 571. The van der Waals surface area contributed by atoms with Crippen molar-refractivity contribution < 1.29 is 9.90 Å². The third-order valence-electron chi connectivity index (χ3n) is 2.74. The molecule has 0 atom stereocenters. The topological polar surface area (TPSA) is 43.8 Å². The van der Waals surface area contributed by atoms with Gasteiger partial charge in [-0.1, -0.05) is 15.9 Å². The number of phenols is 1. The molecule has 0 saturated carbocycles. The minimum Gasteiger partial charge on any atom is -0.507 e. The smallest absolute Gasteiger partial charge is 0.276 e. The summed E-state index contributed by atoms with van der Waals surface area (Å²) in [6, 6.07) is 5.04. The highest BCUT2D eigenvalue weighted by molar-refractivity contribution is 9.10. The number of hydrogen-bond acceptors (Lipinski definition) is 3. The molecule has 0 unspecified atom stereocenters. The molecule has 1 amide bonds. The summed E-state index contributed by atoms with van der Waals surface area (Å²) in [7, 11) is 3.35. The molecule has 1 N–H and O–H groups in total. The summed E-state index contributed by atoms with van der Waals surface area (Å²) >= 11 is 8.44. The van der Waals surface area contributed by atoms with Gasteiger partial charge in [-0.2, -0.15) is 0 Å². The van der Waals surface area contributed by atoms with Gasteiger partial charge in [-0.05, 0) is 36.5 Å². The fourth-order valence-electron chi connectivity index (χ4n) is 1.68. The van der Waals surface area contributed by atoms with Gasteiger partial charge >= 0.3 is 0 Å². The molecule has 0 aliphatic carbocycles. The summed E-state index contributed by atoms with van der Waals surface area (Å²) < 4.78 is 0.830. The summed E-state index contributed by atoms with van der Waals surface area (Å²) in [4.78, 5) is 15.0. The van der Waals surface area contributed by atoms with Crippen molar-refractivity contribution in [3.63, 3.8) is 0 Å².